The molecule has 4 rings (SSSR count). The van der Waals surface area contributed by atoms with Gasteiger partial charge in [0.1, 0.15) is 30.3 Å². The molecule has 1 aliphatic heterocycles. The normalized spacial score (nSPS) is 28.5. The van der Waals surface area contributed by atoms with Crippen molar-refractivity contribution in [2.45, 2.75) is 31.5 Å². The molecule has 0 bridgehead atoms. The van der Waals surface area contributed by atoms with Gasteiger partial charge in [0.25, 0.3) is 0 Å². The van der Waals surface area contributed by atoms with E-state index >= 15 is 0 Å². The van der Waals surface area contributed by atoms with Gasteiger partial charge in [0.15, 0.2) is 18.4 Å². The number of aliphatic hydroxyl groups is 2. The van der Waals surface area contributed by atoms with Crippen LogP contribution in [0.4, 0.5) is 0 Å². The molecule has 22 heavy (non-hydrogen) atoms. The van der Waals surface area contributed by atoms with E-state index in [9.17, 15) is 10.2 Å². The lowest BCUT2D eigenvalue weighted by Gasteiger charge is -2.17. The summed E-state index contributed by atoms with van der Waals surface area (Å²) in [6.07, 6.45) is 2.17. The minimum Gasteiger partial charge on any atom is -0.446 e. The molecule has 1 saturated heterocycles. The zero-order chi connectivity index (χ0) is 15.3. The van der Waals surface area contributed by atoms with Crippen molar-refractivity contribution in [1.82, 2.24) is 19.5 Å². The number of aromatic nitrogens is 4. The van der Waals surface area contributed by atoms with Gasteiger partial charge in [-0.1, -0.05) is 0 Å². The van der Waals surface area contributed by atoms with Crippen molar-refractivity contribution in [3.8, 4) is 0 Å². The zero-order valence-electron chi connectivity index (χ0n) is 11.7. The molecule has 1 fully saturated rings. The van der Waals surface area contributed by atoms with Gasteiger partial charge < -0.3 is 23.9 Å². The highest BCUT2D eigenvalue weighted by atomic mass is 16.6. The highest BCUT2D eigenvalue weighted by Crippen LogP contribution is 2.39. The minimum atomic E-state index is -1.11. The van der Waals surface area contributed by atoms with Crippen LogP contribution >= 0.6 is 0 Å². The Bertz CT molecular complexity index is 800. The average Bonchev–Trinajstić information content (AvgIpc) is 3.21. The lowest BCUT2D eigenvalue weighted by Crippen LogP contribution is -2.28. The fraction of sp³-hybridized carbons (Fsp3) is 0.357. The van der Waals surface area contributed by atoms with E-state index in [2.05, 4.69) is 15.0 Å². The smallest absolute Gasteiger partial charge is 0.180 e. The summed E-state index contributed by atoms with van der Waals surface area (Å²) in [5.74, 6) is 0.372. The summed E-state index contributed by atoms with van der Waals surface area (Å²) < 4.78 is 12.6. The van der Waals surface area contributed by atoms with Crippen molar-refractivity contribution >= 4 is 11.0 Å². The number of nitrogens with zero attached hydrogens (tertiary/aromatic N) is 4. The average molecular weight is 302 g/mol. The van der Waals surface area contributed by atoms with Crippen LogP contribution in [-0.4, -0.2) is 41.9 Å². The molecule has 0 spiro atoms. The van der Waals surface area contributed by atoms with Crippen molar-refractivity contribution in [3.05, 3.63) is 42.6 Å². The molecule has 2 N–H and O–H groups in total. The number of oxazole rings is 1. The molecule has 4 atom stereocenters. The first-order valence-corrected chi connectivity index (χ1v) is 6.85. The Kier molecular flexibility index (Phi) is 2.96. The molecule has 0 amide bonds. The van der Waals surface area contributed by atoms with E-state index < -0.39 is 24.5 Å². The van der Waals surface area contributed by atoms with Crippen LogP contribution in [0.25, 0.3) is 11.0 Å². The molecule has 0 saturated carbocycles. The third-order valence-corrected chi connectivity index (χ3v) is 3.95. The predicted molar refractivity (Wildman–Crippen MR) is 73.6 cm³/mol. The maximum Gasteiger partial charge on any atom is 0.180 e. The monoisotopic (exact) mass is 302 g/mol. The van der Waals surface area contributed by atoms with Crippen LogP contribution in [-0.2, 0) is 4.74 Å². The predicted octanol–water partition coefficient (Wildman–Crippen LogP) is 0.720. The fourth-order valence-corrected chi connectivity index (χ4v) is 2.79. The van der Waals surface area contributed by atoms with Crippen molar-refractivity contribution in [2.75, 3.05) is 0 Å². The van der Waals surface area contributed by atoms with Crippen LogP contribution in [0.5, 0.6) is 0 Å². The van der Waals surface area contributed by atoms with Gasteiger partial charge in [-0.3, -0.25) is 0 Å². The van der Waals surface area contributed by atoms with Crippen molar-refractivity contribution in [2.24, 2.45) is 0 Å². The van der Waals surface area contributed by atoms with E-state index in [4.69, 9.17) is 9.15 Å². The van der Waals surface area contributed by atoms with Crippen LogP contribution in [0, 0.1) is 6.92 Å². The summed E-state index contributed by atoms with van der Waals surface area (Å²) in [6.45, 7) is 1.88. The molecule has 114 valence electrons. The van der Waals surface area contributed by atoms with Crippen molar-refractivity contribution < 1.29 is 19.4 Å². The number of aliphatic hydroxyl groups excluding tert-OH is 2. The Morgan fingerprint density at radius 3 is 2.86 bits per heavy atom. The van der Waals surface area contributed by atoms with Crippen molar-refractivity contribution in [3.63, 3.8) is 0 Å². The lowest BCUT2D eigenvalue weighted by molar-refractivity contribution is -0.0416. The number of hydrogen-bond acceptors (Lipinski definition) is 7. The SMILES string of the molecule is Cc1ncnc2c1ccn2[C@@H]1O[C@@H](c2cnco2)[C@@H](O)[C@H]1O. The van der Waals surface area contributed by atoms with Gasteiger partial charge in [-0.15, -0.1) is 0 Å². The summed E-state index contributed by atoms with van der Waals surface area (Å²) in [5, 5.41) is 21.4. The molecule has 8 nitrogen and oxygen atoms in total. The molecule has 3 aromatic rings. The molecule has 8 heteroatoms. The van der Waals surface area contributed by atoms with Gasteiger partial charge in [0, 0.05) is 11.6 Å². The Labute approximate surface area is 125 Å². The minimum absolute atomic E-state index is 0.372. The highest BCUT2D eigenvalue weighted by molar-refractivity contribution is 5.78. The Morgan fingerprint density at radius 2 is 2.09 bits per heavy atom. The molecule has 1 aliphatic rings. The van der Waals surface area contributed by atoms with E-state index in [0.717, 1.165) is 11.1 Å². The largest absolute Gasteiger partial charge is 0.446 e. The summed E-state index contributed by atoms with van der Waals surface area (Å²) in [4.78, 5) is 12.2. The summed E-state index contributed by atoms with van der Waals surface area (Å²) in [7, 11) is 0. The van der Waals surface area contributed by atoms with Crippen LogP contribution < -0.4 is 0 Å². The Balaban J connectivity index is 1.74. The molecule has 0 aromatic carbocycles. The quantitative estimate of drug-likeness (QED) is 0.718. The van der Waals surface area contributed by atoms with Gasteiger partial charge in [-0.2, -0.15) is 0 Å². The van der Waals surface area contributed by atoms with Crippen molar-refractivity contribution in [1.29, 1.82) is 0 Å². The van der Waals surface area contributed by atoms with E-state index in [1.807, 2.05) is 13.0 Å². The maximum atomic E-state index is 10.3. The zero-order valence-corrected chi connectivity index (χ0v) is 11.7. The molecule has 0 aliphatic carbocycles. The highest BCUT2D eigenvalue weighted by Gasteiger charge is 2.46. The first-order chi connectivity index (χ1) is 10.7. The molecular weight excluding hydrogens is 288 g/mol. The van der Waals surface area contributed by atoms with Gasteiger partial charge in [0.05, 0.1) is 11.9 Å². The van der Waals surface area contributed by atoms with E-state index in [1.54, 1.807) is 10.8 Å². The van der Waals surface area contributed by atoms with Gasteiger partial charge >= 0.3 is 0 Å². The first kappa shape index (κ1) is 13.4. The molecular formula is C14H14N4O4. The summed E-state index contributed by atoms with van der Waals surface area (Å²) in [6, 6.07) is 1.86. The first-order valence-electron chi connectivity index (χ1n) is 6.85. The van der Waals surface area contributed by atoms with E-state index in [0.29, 0.717) is 11.4 Å². The third-order valence-electron chi connectivity index (χ3n) is 3.95. The maximum absolute atomic E-state index is 10.3. The number of hydrogen-bond donors (Lipinski definition) is 2. The number of fused-ring (bicyclic) bond motifs is 1. The third kappa shape index (κ3) is 1.85. The fourth-order valence-electron chi connectivity index (χ4n) is 2.79. The molecule has 0 unspecified atom stereocenters. The standard InChI is InChI=1S/C14H14N4O4/c1-7-8-2-3-18(13(8)17-5-16-7)14-11(20)10(19)12(22-14)9-4-15-6-21-9/h2-6,10-12,14,19-20H,1H3/t10-,11+,12-,14+/m0/s1. The van der Waals surface area contributed by atoms with Gasteiger partial charge in [0.2, 0.25) is 0 Å². The number of ether oxygens (including phenoxy) is 1. The van der Waals surface area contributed by atoms with Crippen LogP contribution in [0.1, 0.15) is 23.8 Å². The molecule has 0 radical (unpaired) electrons. The van der Waals surface area contributed by atoms with Gasteiger partial charge in [-0.05, 0) is 13.0 Å². The number of rotatable bonds is 2. The second-order valence-corrected chi connectivity index (χ2v) is 5.25. The Morgan fingerprint density at radius 1 is 1.23 bits per heavy atom. The van der Waals surface area contributed by atoms with E-state index in [-0.39, 0.29) is 0 Å². The van der Waals surface area contributed by atoms with Crippen LogP contribution in [0.2, 0.25) is 0 Å². The molecule has 3 aromatic heterocycles. The second kappa shape index (κ2) is 4.87. The second-order valence-electron chi connectivity index (χ2n) is 5.25. The summed E-state index contributed by atoms with van der Waals surface area (Å²) >= 11 is 0. The Hall–Kier alpha value is -2.29. The van der Waals surface area contributed by atoms with E-state index in [1.165, 1.54) is 18.9 Å². The lowest BCUT2D eigenvalue weighted by atomic mass is 10.1. The van der Waals surface area contributed by atoms with Gasteiger partial charge in [-0.25, -0.2) is 15.0 Å². The number of aryl methyl sites for hydroxylation is 1. The van der Waals surface area contributed by atoms with Crippen LogP contribution in [0.15, 0.2) is 35.6 Å². The summed E-state index contributed by atoms with van der Waals surface area (Å²) in [5.41, 5.74) is 1.48. The van der Waals surface area contributed by atoms with Crippen LogP contribution in [0.3, 0.4) is 0 Å². The molecule has 4 heterocycles. The topological polar surface area (TPSA) is 106 Å².